The van der Waals surface area contributed by atoms with Gasteiger partial charge in [0.2, 0.25) is 0 Å². The Labute approximate surface area is 183 Å². The average molecular weight is 496 g/mol. The summed E-state index contributed by atoms with van der Waals surface area (Å²) in [5.41, 5.74) is 0. The van der Waals surface area contributed by atoms with Crippen molar-refractivity contribution in [3.05, 3.63) is 84.9 Å². The van der Waals surface area contributed by atoms with E-state index in [4.69, 9.17) is 0 Å². The van der Waals surface area contributed by atoms with Gasteiger partial charge in [0, 0.05) is 9.52 Å². The summed E-state index contributed by atoms with van der Waals surface area (Å²) < 4.78 is 0. The minimum absolute atomic E-state index is 0. The number of benzene rings is 2. The van der Waals surface area contributed by atoms with E-state index in [0.29, 0.717) is 0 Å². The van der Waals surface area contributed by atoms with Crippen LogP contribution in [0.2, 0.25) is 13.1 Å². The average Bonchev–Trinajstić information content (AvgIpc) is 3.17. The van der Waals surface area contributed by atoms with E-state index in [1.165, 1.54) is 21.5 Å². The molecule has 0 atom stereocenters. The summed E-state index contributed by atoms with van der Waals surface area (Å²) in [6.07, 6.45) is 0. The van der Waals surface area contributed by atoms with Crippen molar-refractivity contribution in [3.8, 4) is 0 Å². The van der Waals surface area contributed by atoms with Crippen molar-refractivity contribution in [1.29, 1.82) is 0 Å². The fourth-order valence-corrected chi connectivity index (χ4v) is 2.14. The van der Waals surface area contributed by atoms with E-state index in [9.17, 15) is 0 Å². The van der Waals surface area contributed by atoms with E-state index in [1.54, 1.807) is 0 Å². The first-order valence-electron chi connectivity index (χ1n) is 7.30. The van der Waals surface area contributed by atoms with Crippen LogP contribution >= 0.6 is 0 Å². The van der Waals surface area contributed by atoms with Crippen molar-refractivity contribution in [2.24, 2.45) is 0 Å². The Morgan fingerprint density at radius 1 is 0.667 bits per heavy atom. The predicted octanol–water partition coefficient (Wildman–Crippen LogP) is -0.358. The molecule has 0 bridgehead atoms. The normalized spacial score (nSPS) is 8.42. The summed E-state index contributed by atoms with van der Waals surface area (Å²) in [6, 6.07) is 29.3. The van der Waals surface area contributed by atoms with Gasteiger partial charge in [-0.05, 0) is 0 Å². The fraction of sp³-hybridized carbons (Fsp3) is 0.100. The third kappa shape index (κ3) is 8.07. The molecule has 123 valence electrons. The van der Waals surface area contributed by atoms with Gasteiger partial charge >= 0.3 is 26.2 Å². The van der Waals surface area contributed by atoms with Crippen LogP contribution in [-0.2, 0) is 26.2 Å². The van der Waals surface area contributed by atoms with Gasteiger partial charge in [0.1, 0.15) is 0 Å². The second-order valence-corrected chi connectivity index (χ2v) is 6.04. The van der Waals surface area contributed by atoms with E-state index in [0.717, 1.165) is 9.52 Å². The minimum Gasteiger partial charge on any atom is -1.00 e. The number of hydrogen-bond donors (Lipinski definition) is 0. The van der Waals surface area contributed by atoms with E-state index in [1.807, 2.05) is 0 Å². The number of rotatable bonds is 0. The van der Waals surface area contributed by atoms with Gasteiger partial charge in [-0.1, -0.05) is 25.2 Å². The zero-order valence-electron chi connectivity index (χ0n) is 13.9. The van der Waals surface area contributed by atoms with Crippen LogP contribution in [0.25, 0.3) is 21.5 Å². The van der Waals surface area contributed by atoms with E-state index in [-0.39, 0.29) is 55.6 Å². The molecule has 4 aromatic rings. The molecule has 4 rings (SSSR count). The Morgan fingerprint density at radius 3 is 1.33 bits per heavy atom. The molecule has 0 amide bonds. The molecular weight excluding hydrogens is 475 g/mol. The Kier molecular flexibility index (Phi) is 15.9. The summed E-state index contributed by atoms with van der Waals surface area (Å²) in [5, 5.41) is 5.32. The van der Waals surface area contributed by atoms with Gasteiger partial charge in [-0.25, -0.2) is 0 Å². The van der Waals surface area contributed by atoms with Gasteiger partial charge in [0.25, 0.3) is 0 Å². The smallest absolute Gasteiger partial charge is 1.00 e. The zero-order chi connectivity index (χ0) is 14.9. The van der Waals surface area contributed by atoms with Crippen LogP contribution in [0, 0.1) is 0 Å². The summed E-state index contributed by atoms with van der Waals surface area (Å²) in [5.74, 6) is 0. The van der Waals surface area contributed by atoms with E-state index in [2.05, 4.69) is 98.0 Å². The Balaban J connectivity index is 0. The number of fused-ring (bicyclic) bond motifs is 2. The standard InChI is InChI=1S/2C9H7.C2H7Si.BrH.ClH.Zr/c2*1-2-5-9-7-3-6-8(9)4-1;1-3-2;;;/h2*1-7H;3H,1-2H3;2*1H;/q2*-1;;;;+4/p-2. The SMILES string of the molecule is C[SiH]C.[Br-].[Cl-].[Zr+4].c1ccc2[cH-]ccc2c1.c1ccc2[cH-]ccc2c1. The molecule has 0 aliphatic carbocycles. The molecule has 0 aliphatic heterocycles. The Morgan fingerprint density at radius 2 is 1.00 bits per heavy atom. The minimum atomic E-state index is 0. The van der Waals surface area contributed by atoms with Crippen LogP contribution in [0.4, 0.5) is 0 Å². The zero-order valence-corrected chi connectivity index (χ0v) is 19.9. The number of halogens is 2. The topological polar surface area (TPSA) is 0 Å². The van der Waals surface area contributed by atoms with Crippen LogP contribution in [0.5, 0.6) is 0 Å². The van der Waals surface area contributed by atoms with Crippen molar-refractivity contribution in [1.82, 2.24) is 0 Å². The van der Waals surface area contributed by atoms with E-state index >= 15 is 0 Å². The first kappa shape index (κ1) is 25.8. The van der Waals surface area contributed by atoms with Gasteiger partial charge in [-0.15, -0.1) is 59.3 Å². The molecule has 0 heterocycles. The summed E-state index contributed by atoms with van der Waals surface area (Å²) in [4.78, 5) is 0. The molecule has 0 spiro atoms. The van der Waals surface area contributed by atoms with Crippen LogP contribution < -0.4 is 29.4 Å². The first-order chi connectivity index (χ1) is 10.3. The largest absolute Gasteiger partial charge is 4.00 e. The van der Waals surface area contributed by atoms with Crippen molar-refractivity contribution >= 4 is 31.1 Å². The molecule has 24 heavy (non-hydrogen) atoms. The molecule has 0 fully saturated rings. The maximum absolute atomic E-state index is 2.21. The molecule has 0 unspecified atom stereocenters. The summed E-state index contributed by atoms with van der Waals surface area (Å²) >= 11 is 0. The van der Waals surface area contributed by atoms with Gasteiger partial charge in [-0.2, -0.15) is 35.0 Å². The molecule has 0 nitrogen and oxygen atoms in total. The van der Waals surface area contributed by atoms with E-state index < -0.39 is 0 Å². The molecule has 0 aromatic heterocycles. The second kappa shape index (κ2) is 14.8. The predicted molar refractivity (Wildman–Crippen MR) is 98.0 cm³/mol. The fourth-order valence-electron chi connectivity index (χ4n) is 2.14. The molecular formula is C20H21BrClSiZr. The number of hydrogen-bond acceptors (Lipinski definition) is 0. The Hall–Kier alpha value is -0.470. The molecule has 0 N–H and O–H groups in total. The maximum atomic E-state index is 2.21. The van der Waals surface area contributed by atoms with Gasteiger partial charge in [0.15, 0.2) is 0 Å². The van der Waals surface area contributed by atoms with Crippen LogP contribution in [0.1, 0.15) is 0 Å². The van der Waals surface area contributed by atoms with Crippen molar-refractivity contribution in [3.63, 3.8) is 0 Å². The second-order valence-electron chi connectivity index (χ2n) is 4.89. The molecule has 0 saturated carbocycles. The molecule has 1 radical (unpaired) electrons. The molecule has 4 aromatic carbocycles. The van der Waals surface area contributed by atoms with Gasteiger partial charge < -0.3 is 29.4 Å². The molecule has 4 heteroatoms. The molecule has 0 saturated heterocycles. The molecule has 0 aliphatic rings. The van der Waals surface area contributed by atoms with Crippen molar-refractivity contribution in [2.75, 3.05) is 0 Å². The summed E-state index contributed by atoms with van der Waals surface area (Å²) in [6.45, 7) is 4.42. The third-order valence-electron chi connectivity index (χ3n) is 3.10. The summed E-state index contributed by atoms with van der Waals surface area (Å²) in [7, 11) is 0.750. The maximum Gasteiger partial charge on any atom is 4.00 e. The van der Waals surface area contributed by atoms with Crippen molar-refractivity contribution in [2.45, 2.75) is 13.1 Å². The monoisotopic (exact) mass is 493 g/mol. The van der Waals surface area contributed by atoms with Crippen LogP contribution in [0.15, 0.2) is 84.9 Å². The van der Waals surface area contributed by atoms with Gasteiger partial charge in [0.05, 0.1) is 0 Å². The van der Waals surface area contributed by atoms with Crippen LogP contribution in [-0.4, -0.2) is 9.52 Å². The van der Waals surface area contributed by atoms with Crippen molar-refractivity contribution < 1.29 is 55.6 Å². The van der Waals surface area contributed by atoms with Gasteiger partial charge in [-0.3, -0.25) is 0 Å². The third-order valence-corrected chi connectivity index (χ3v) is 3.10. The Bertz CT molecular complexity index is 653. The quantitative estimate of drug-likeness (QED) is 0.231. The van der Waals surface area contributed by atoms with Crippen LogP contribution in [0.3, 0.4) is 0 Å². The first-order valence-corrected chi connectivity index (χ1v) is 9.61.